The third-order valence-corrected chi connectivity index (χ3v) is 8.92. The minimum absolute atomic E-state index is 0.285. The molecule has 7 nitrogen and oxygen atoms in total. The van der Waals surface area contributed by atoms with Crippen LogP contribution in [0.1, 0.15) is 76.3 Å². The van der Waals surface area contributed by atoms with Crippen LogP contribution in [0.4, 0.5) is 0 Å². The van der Waals surface area contributed by atoms with Crippen LogP contribution in [0.25, 0.3) is 10.9 Å². The van der Waals surface area contributed by atoms with Crippen molar-refractivity contribution in [3.05, 3.63) is 30.0 Å². The quantitative estimate of drug-likeness (QED) is 0.624. The van der Waals surface area contributed by atoms with Gasteiger partial charge >= 0.3 is 10.3 Å². The Labute approximate surface area is 204 Å². The third kappa shape index (κ3) is 5.45. The third-order valence-electron chi connectivity index (χ3n) is 8.49. The Morgan fingerprint density at radius 2 is 1.68 bits per heavy atom. The van der Waals surface area contributed by atoms with Crippen molar-refractivity contribution >= 4 is 21.2 Å². The van der Waals surface area contributed by atoms with E-state index in [4.69, 9.17) is 9.32 Å². The van der Waals surface area contributed by atoms with Crippen molar-refractivity contribution < 1.29 is 12.6 Å². The summed E-state index contributed by atoms with van der Waals surface area (Å²) in [5.41, 5.74) is 2.41. The summed E-state index contributed by atoms with van der Waals surface area (Å²) in [6, 6.07) is 6.83. The lowest BCUT2D eigenvalue weighted by Crippen LogP contribution is -2.43. The molecule has 3 aliphatic rings. The monoisotopic (exact) mass is 488 g/mol. The van der Waals surface area contributed by atoms with Gasteiger partial charge in [0.15, 0.2) is 0 Å². The van der Waals surface area contributed by atoms with Crippen LogP contribution in [0.3, 0.4) is 0 Å². The second-order valence-electron chi connectivity index (χ2n) is 10.6. The van der Waals surface area contributed by atoms with Gasteiger partial charge in [-0.25, -0.2) is 0 Å². The summed E-state index contributed by atoms with van der Waals surface area (Å²) in [6.07, 6.45) is 14.0. The summed E-state index contributed by atoms with van der Waals surface area (Å²) in [6.45, 7) is 7.80. The Kier molecular flexibility index (Phi) is 7.21. The maximum absolute atomic E-state index is 11.5. The van der Waals surface area contributed by atoms with Crippen LogP contribution in [0.2, 0.25) is 0 Å². The number of benzene rings is 1. The van der Waals surface area contributed by atoms with Crippen LogP contribution in [0.5, 0.6) is 5.75 Å². The fourth-order valence-electron chi connectivity index (χ4n) is 6.55. The Morgan fingerprint density at radius 1 is 0.971 bits per heavy atom. The molecule has 1 saturated carbocycles. The molecule has 0 bridgehead atoms. The second-order valence-corrected chi connectivity index (χ2v) is 11.8. The average molecular weight is 489 g/mol. The summed E-state index contributed by atoms with van der Waals surface area (Å²) in [5, 5.41) is 6.20. The Balaban J connectivity index is 1.34. The highest BCUT2D eigenvalue weighted by Gasteiger charge is 2.30. The van der Waals surface area contributed by atoms with Gasteiger partial charge in [-0.3, -0.25) is 4.90 Å². The topological polar surface area (TPSA) is 80.8 Å². The molecule has 1 aliphatic carbocycles. The van der Waals surface area contributed by atoms with Crippen LogP contribution >= 0.6 is 0 Å². The molecule has 3 fully saturated rings. The van der Waals surface area contributed by atoms with E-state index in [0.29, 0.717) is 6.04 Å². The smallest absolute Gasteiger partial charge is 0.371 e. The Morgan fingerprint density at radius 3 is 2.32 bits per heavy atom. The SMILES string of the molecule is CCC1CCC(N2CCC(n3cc(CN4CCCC4)c4cc(OS(N)(=O)=O)ccc43)CC2)CC1. The van der Waals surface area contributed by atoms with Gasteiger partial charge in [-0.05, 0) is 94.1 Å². The summed E-state index contributed by atoms with van der Waals surface area (Å²) >= 11 is 0. The van der Waals surface area contributed by atoms with Crippen molar-refractivity contribution in [3.63, 3.8) is 0 Å². The van der Waals surface area contributed by atoms with Crippen LogP contribution in [0.15, 0.2) is 24.4 Å². The highest BCUT2D eigenvalue weighted by atomic mass is 32.2. The largest absolute Gasteiger partial charge is 0.380 e. The van der Waals surface area contributed by atoms with E-state index >= 15 is 0 Å². The number of nitrogens with two attached hydrogens (primary N) is 1. The molecule has 0 unspecified atom stereocenters. The molecule has 1 aromatic carbocycles. The Hall–Kier alpha value is -1.61. The summed E-state index contributed by atoms with van der Waals surface area (Å²) in [5.74, 6) is 1.23. The molecule has 0 radical (unpaired) electrons. The van der Waals surface area contributed by atoms with Gasteiger partial charge in [0.1, 0.15) is 5.75 Å². The first-order valence-electron chi connectivity index (χ1n) is 13.2. The zero-order chi connectivity index (χ0) is 23.7. The molecule has 2 aliphatic heterocycles. The van der Waals surface area contributed by atoms with Crippen molar-refractivity contribution in [1.82, 2.24) is 14.4 Å². The van der Waals surface area contributed by atoms with E-state index in [1.165, 1.54) is 63.6 Å². The van der Waals surface area contributed by atoms with E-state index in [1.807, 2.05) is 12.1 Å². The van der Waals surface area contributed by atoms with E-state index in [2.05, 4.69) is 27.5 Å². The molecule has 0 amide bonds. The molecule has 2 aromatic rings. The van der Waals surface area contributed by atoms with Gasteiger partial charge in [0.25, 0.3) is 0 Å². The maximum Gasteiger partial charge on any atom is 0.380 e. The summed E-state index contributed by atoms with van der Waals surface area (Å²) in [7, 11) is -4.04. The summed E-state index contributed by atoms with van der Waals surface area (Å²) < 4.78 is 30.4. The van der Waals surface area contributed by atoms with Gasteiger partial charge in [-0.1, -0.05) is 13.3 Å². The van der Waals surface area contributed by atoms with Gasteiger partial charge in [0, 0.05) is 48.8 Å². The van der Waals surface area contributed by atoms with Crippen LogP contribution < -0.4 is 9.32 Å². The molecule has 34 heavy (non-hydrogen) atoms. The van der Waals surface area contributed by atoms with Crippen LogP contribution in [0, 0.1) is 5.92 Å². The van der Waals surface area contributed by atoms with Crippen molar-refractivity contribution in [2.75, 3.05) is 26.2 Å². The van der Waals surface area contributed by atoms with E-state index in [-0.39, 0.29) is 5.75 Å². The predicted octanol–water partition coefficient (Wildman–Crippen LogP) is 4.43. The molecular weight excluding hydrogens is 448 g/mol. The Bertz CT molecular complexity index is 1080. The van der Waals surface area contributed by atoms with Crippen LogP contribution in [-0.4, -0.2) is 55.0 Å². The fourth-order valence-corrected chi connectivity index (χ4v) is 6.92. The van der Waals surface area contributed by atoms with E-state index < -0.39 is 10.3 Å². The number of piperidine rings is 1. The maximum atomic E-state index is 11.5. The molecule has 8 heteroatoms. The molecule has 0 atom stereocenters. The molecule has 188 valence electrons. The first kappa shape index (κ1) is 24.1. The van der Waals surface area contributed by atoms with Gasteiger partial charge in [-0.2, -0.15) is 13.6 Å². The van der Waals surface area contributed by atoms with E-state index in [9.17, 15) is 8.42 Å². The lowest BCUT2D eigenvalue weighted by molar-refractivity contribution is 0.0965. The number of aromatic nitrogens is 1. The minimum atomic E-state index is -4.04. The van der Waals surface area contributed by atoms with Crippen molar-refractivity contribution in [1.29, 1.82) is 0 Å². The zero-order valence-electron chi connectivity index (χ0n) is 20.5. The molecule has 0 spiro atoms. The first-order chi connectivity index (χ1) is 16.4. The van der Waals surface area contributed by atoms with Crippen molar-refractivity contribution in [2.45, 2.75) is 83.3 Å². The molecule has 5 rings (SSSR count). The second kappa shape index (κ2) is 10.2. The molecule has 3 heterocycles. The normalized spacial score (nSPS) is 25.8. The summed E-state index contributed by atoms with van der Waals surface area (Å²) in [4.78, 5) is 5.23. The van der Waals surface area contributed by atoms with Gasteiger partial charge in [-0.15, -0.1) is 0 Å². The van der Waals surface area contributed by atoms with E-state index in [0.717, 1.165) is 55.3 Å². The molecule has 1 aromatic heterocycles. The standard InChI is InChI=1S/C26H40N4O3S/c1-2-20-5-7-22(8-6-20)29-15-11-23(12-16-29)30-19-21(18-28-13-3-4-14-28)25-17-24(9-10-26(25)30)33-34(27,31)32/h9-10,17,19-20,22-23H,2-8,11-16,18H2,1H3,(H2,27,31,32). The molecular formula is C26H40N4O3S. The number of fused-ring (bicyclic) bond motifs is 1. The first-order valence-corrected chi connectivity index (χ1v) is 14.7. The highest BCUT2D eigenvalue weighted by molar-refractivity contribution is 7.84. The zero-order valence-corrected chi connectivity index (χ0v) is 21.3. The predicted molar refractivity (Wildman–Crippen MR) is 136 cm³/mol. The molecule has 2 saturated heterocycles. The number of likely N-dealkylation sites (tertiary alicyclic amines) is 2. The lowest BCUT2D eigenvalue weighted by atomic mass is 9.83. The van der Waals surface area contributed by atoms with Crippen molar-refractivity contribution in [2.24, 2.45) is 11.1 Å². The van der Waals surface area contributed by atoms with Crippen molar-refractivity contribution in [3.8, 4) is 5.75 Å². The van der Waals surface area contributed by atoms with Gasteiger partial charge in [0.2, 0.25) is 0 Å². The fraction of sp³-hybridized carbons (Fsp3) is 0.692. The number of hydrogen-bond acceptors (Lipinski definition) is 5. The van der Waals surface area contributed by atoms with Gasteiger partial charge < -0.3 is 13.7 Å². The van der Waals surface area contributed by atoms with E-state index in [1.54, 1.807) is 6.07 Å². The molecule has 2 N–H and O–H groups in total. The number of hydrogen-bond donors (Lipinski definition) is 1. The highest BCUT2D eigenvalue weighted by Crippen LogP contribution is 2.36. The lowest BCUT2D eigenvalue weighted by Gasteiger charge is -2.41. The number of nitrogens with zero attached hydrogens (tertiary/aromatic N) is 3. The number of rotatable bonds is 7. The minimum Gasteiger partial charge on any atom is -0.371 e. The van der Waals surface area contributed by atoms with Crippen LogP contribution in [-0.2, 0) is 16.8 Å². The average Bonchev–Trinajstić information content (AvgIpc) is 3.47. The van der Waals surface area contributed by atoms with Gasteiger partial charge in [0.05, 0.1) is 0 Å².